The van der Waals surface area contributed by atoms with Crippen molar-refractivity contribution >= 4 is 38.4 Å². The summed E-state index contributed by atoms with van der Waals surface area (Å²) >= 11 is 1.09. The Morgan fingerprint density at radius 3 is 2.71 bits per heavy atom. The van der Waals surface area contributed by atoms with Gasteiger partial charge < -0.3 is 14.3 Å². The van der Waals surface area contributed by atoms with Gasteiger partial charge in [-0.25, -0.2) is 9.37 Å². The molecule has 1 aliphatic heterocycles. The van der Waals surface area contributed by atoms with Crippen LogP contribution in [0.3, 0.4) is 0 Å². The molecule has 0 fully saturated rings. The first-order chi connectivity index (χ1) is 16.9. The van der Waals surface area contributed by atoms with Gasteiger partial charge in [0.1, 0.15) is 23.9 Å². The summed E-state index contributed by atoms with van der Waals surface area (Å²) in [4.78, 5) is 32.4. The molecular weight excluding hydrogens is 471 g/mol. The number of amides is 1. The van der Waals surface area contributed by atoms with Gasteiger partial charge in [0.15, 0.2) is 16.7 Å². The van der Waals surface area contributed by atoms with Crippen molar-refractivity contribution in [2.45, 2.75) is 13.0 Å². The van der Waals surface area contributed by atoms with E-state index in [-0.39, 0.29) is 16.5 Å². The second-order valence-electron chi connectivity index (χ2n) is 7.86. The number of halogens is 1. The molecule has 0 bridgehead atoms. The molecule has 9 heteroatoms. The molecule has 7 nitrogen and oxygen atoms in total. The first-order valence-electron chi connectivity index (χ1n) is 10.6. The number of aryl methyl sites for hydroxylation is 1. The van der Waals surface area contributed by atoms with E-state index in [4.69, 9.17) is 9.15 Å². The molecule has 0 saturated heterocycles. The van der Waals surface area contributed by atoms with E-state index < -0.39 is 29.3 Å². The Labute approximate surface area is 203 Å². The summed E-state index contributed by atoms with van der Waals surface area (Å²) < 4.78 is 25.3. The summed E-state index contributed by atoms with van der Waals surface area (Å²) in [5, 5.41) is 11.1. The smallest absolute Gasteiger partial charge is 0.296 e. The predicted molar refractivity (Wildman–Crippen MR) is 129 cm³/mol. The highest BCUT2D eigenvalue weighted by molar-refractivity contribution is 7.22. The number of anilines is 1. The zero-order valence-corrected chi connectivity index (χ0v) is 19.3. The lowest BCUT2D eigenvalue weighted by Gasteiger charge is -2.24. The topological polar surface area (TPSA) is 92.9 Å². The second-order valence-corrected chi connectivity index (χ2v) is 8.87. The fourth-order valence-corrected chi connectivity index (χ4v) is 4.95. The van der Waals surface area contributed by atoms with Gasteiger partial charge in [-0.1, -0.05) is 36.1 Å². The Kier molecular flexibility index (Phi) is 5.70. The van der Waals surface area contributed by atoms with Crippen molar-refractivity contribution in [1.82, 2.24) is 4.98 Å². The molecule has 5 rings (SSSR count). The normalized spacial score (nSPS) is 15.8. The first kappa shape index (κ1) is 22.5. The minimum Gasteiger partial charge on any atom is -0.503 e. The van der Waals surface area contributed by atoms with Crippen molar-refractivity contribution in [2.24, 2.45) is 0 Å². The number of hydrogen-bond donors (Lipinski definition) is 1. The number of aliphatic hydroxyl groups excluding tert-OH is 1. The van der Waals surface area contributed by atoms with Crippen molar-refractivity contribution in [1.29, 1.82) is 0 Å². The number of hydrogen-bond acceptors (Lipinski definition) is 7. The number of aromatic nitrogens is 1. The maximum atomic E-state index is 13.8. The van der Waals surface area contributed by atoms with Gasteiger partial charge in [0.25, 0.3) is 5.91 Å². The van der Waals surface area contributed by atoms with Gasteiger partial charge in [-0.05, 0) is 55.0 Å². The highest BCUT2D eigenvalue weighted by Crippen LogP contribution is 2.44. The number of carbonyl (C=O) groups excluding carboxylic acids is 2. The Morgan fingerprint density at radius 2 is 2.03 bits per heavy atom. The van der Waals surface area contributed by atoms with Gasteiger partial charge in [-0.2, -0.15) is 0 Å². The SMILES string of the molecule is C=CCOc1ccc(C2C(C(=O)c3ccc(C)o3)=C(O)C(=O)N2c2nc3ccc(F)cc3s2)cc1. The molecule has 0 radical (unpaired) electrons. The lowest BCUT2D eigenvalue weighted by molar-refractivity contribution is -0.117. The van der Waals surface area contributed by atoms with Crippen LogP contribution in [0.1, 0.15) is 27.9 Å². The highest BCUT2D eigenvalue weighted by Gasteiger charge is 2.46. The molecule has 2 aromatic heterocycles. The second kappa shape index (κ2) is 8.84. The highest BCUT2D eigenvalue weighted by atomic mass is 32.1. The Morgan fingerprint density at radius 1 is 1.26 bits per heavy atom. The fraction of sp³-hybridized carbons (Fsp3) is 0.115. The number of aliphatic hydroxyl groups is 1. The molecule has 0 saturated carbocycles. The van der Waals surface area contributed by atoms with E-state index in [2.05, 4.69) is 11.6 Å². The first-order valence-corrected chi connectivity index (χ1v) is 11.5. The number of benzene rings is 2. The van der Waals surface area contributed by atoms with Crippen molar-refractivity contribution in [3.8, 4) is 5.75 Å². The van der Waals surface area contributed by atoms with Crippen LogP contribution in [0.2, 0.25) is 0 Å². The van der Waals surface area contributed by atoms with Crippen molar-refractivity contribution < 1.29 is 28.2 Å². The maximum Gasteiger partial charge on any atom is 0.296 e. The Balaban J connectivity index is 1.63. The lowest BCUT2D eigenvalue weighted by Crippen LogP contribution is -2.30. The average molecular weight is 491 g/mol. The molecular formula is C26H19FN2O5S. The number of carbonyl (C=O) groups is 2. The van der Waals surface area contributed by atoms with Crippen LogP contribution in [0, 0.1) is 12.7 Å². The number of furan rings is 1. The van der Waals surface area contributed by atoms with Crippen LogP contribution in [0.4, 0.5) is 9.52 Å². The summed E-state index contributed by atoms with van der Waals surface area (Å²) in [5.41, 5.74) is 0.909. The molecule has 1 unspecified atom stereocenters. The monoisotopic (exact) mass is 490 g/mol. The molecule has 2 aromatic carbocycles. The molecule has 0 aliphatic carbocycles. The third-order valence-corrected chi connectivity index (χ3v) is 6.54. The number of ether oxygens (including phenoxy) is 1. The van der Waals surface area contributed by atoms with Gasteiger partial charge >= 0.3 is 0 Å². The quantitative estimate of drug-likeness (QED) is 0.265. The van der Waals surface area contributed by atoms with Crippen LogP contribution < -0.4 is 9.64 Å². The predicted octanol–water partition coefficient (Wildman–Crippen LogP) is 5.68. The number of fused-ring (bicyclic) bond motifs is 1. The van der Waals surface area contributed by atoms with Crippen LogP contribution in [-0.2, 0) is 4.79 Å². The number of rotatable bonds is 7. The number of Topliss-reactive ketones (excluding diaryl/α,β-unsaturated/α-hetero) is 1. The van der Waals surface area contributed by atoms with E-state index >= 15 is 0 Å². The van der Waals surface area contributed by atoms with E-state index in [1.165, 1.54) is 29.2 Å². The standard InChI is InChI=1S/C26H19FN2O5S/c1-3-12-33-17-8-5-15(6-9-17)22-21(23(30)19-11-4-14(2)34-19)24(31)25(32)29(22)26-28-18-10-7-16(27)13-20(18)35-26/h3-11,13,22,31H,1,12H2,2H3. The zero-order valence-electron chi connectivity index (χ0n) is 18.5. The van der Waals surface area contributed by atoms with Crippen LogP contribution in [0.15, 0.2) is 83.0 Å². The zero-order chi connectivity index (χ0) is 24.7. The van der Waals surface area contributed by atoms with E-state index in [0.29, 0.717) is 33.9 Å². The van der Waals surface area contributed by atoms with Crippen LogP contribution >= 0.6 is 11.3 Å². The molecule has 0 spiro atoms. The molecule has 176 valence electrons. The number of nitrogens with zero attached hydrogens (tertiary/aromatic N) is 2. The summed E-state index contributed by atoms with van der Waals surface area (Å²) in [7, 11) is 0. The van der Waals surface area contributed by atoms with Crippen LogP contribution in [-0.4, -0.2) is 28.4 Å². The maximum absolute atomic E-state index is 13.8. The Hall–Kier alpha value is -4.24. The summed E-state index contributed by atoms with van der Waals surface area (Å²) in [6.07, 6.45) is 1.62. The molecule has 1 aliphatic rings. The molecule has 4 aromatic rings. The third kappa shape index (κ3) is 4.00. The third-order valence-electron chi connectivity index (χ3n) is 5.53. The Bertz CT molecular complexity index is 1500. The molecule has 1 N–H and O–H groups in total. The molecule has 3 heterocycles. The fourth-order valence-electron chi connectivity index (χ4n) is 3.93. The van der Waals surface area contributed by atoms with Crippen LogP contribution in [0.5, 0.6) is 5.75 Å². The minimum absolute atomic E-state index is 0.000933. The van der Waals surface area contributed by atoms with Crippen molar-refractivity contribution in [3.63, 3.8) is 0 Å². The van der Waals surface area contributed by atoms with E-state index in [1.54, 1.807) is 43.3 Å². The average Bonchev–Trinajstić information content (AvgIpc) is 3.53. The summed E-state index contributed by atoms with van der Waals surface area (Å²) in [6.45, 7) is 5.63. The van der Waals surface area contributed by atoms with Crippen LogP contribution in [0.25, 0.3) is 10.2 Å². The molecule has 1 atom stereocenters. The van der Waals surface area contributed by atoms with E-state index in [9.17, 15) is 19.1 Å². The van der Waals surface area contributed by atoms with Gasteiger partial charge in [-0.15, -0.1) is 0 Å². The van der Waals surface area contributed by atoms with Gasteiger partial charge in [0.05, 0.1) is 21.8 Å². The lowest BCUT2D eigenvalue weighted by atomic mass is 9.95. The summed E-state index contributed by atoms with van der Waals surface area (Å²) in [6, 6.07) is 13.1. The van der Waals surface area contributed by atoms with Gasteiger partial charge in [0.2, 0.25) is 5.78 Å². The van der Waals surface area contributed by atoms with E-state index in [1.807, 2.05) is 0 Å². The molecule has 35 heavy (non-hydrogen) atoms. The van der Waals surface area contributed by atoms with Crippen molar-refractivity contribution in [2.75, 3.05) is 11.5 Å². The molecule has 1 amide bonds. The number of ketones is 1. The summed E-state index contributed by atoms with van der Waals surface area (Å²) in [5.74, 6) is -1.43. The van der Waals surface area contributed by atoms with Gasteiger partial charge in [0, 0.05) is 0 Å². The largest absolute Gasteiger partial charge is 0.503 e. The van der Waals surface area contributed by atoms with Gasteiger partial charge in [-0.3, -0.25) is 14.5 Å². The van der Waals surface area contributed by atoms with Crippen molar-refractivity contribution in [3.05, 3.63) is 101 Å². The number of thiazole rings is 1. The van der Waals surface area contributed by atoms with E-state index in [0.717, 1.165) is 11.3 Å². The minimum atomic E-state index is -0.987.